The number of benzene rings is 2. The highest BCUT2D eigenvalue weighted by atomic mass is 16.5. The fourth-order valence-corrected chi connectivity index (χ4v) is 2.56. The maximum atomic E-state index is 12.3. The van der Waals surface area contributed by atoms with Crippen LogP contribution in [0.1, 0.15) is 31.0 Å². The maximum Gasteiger partial charge on any atom is 0.230 e. The molecule has 1 heterocycles. The van der Waals surface area contributed by atoms with Crippen LogP contribution in [0.15, 0.2) is 47.0 Å². The number of ether oxygens (including phenoxy) is 1. The Balaban J connectivity index is 1.61. The van der Waals surface area contributed by atoms with Crippen molar-refractivity contribution in [2.45, 2.75) is 33.1 Å². The van der Waals surface area contributed by atoms with Crippen molar-refractivity contribution in [1.29, 1.82) is 0 Å². The Morgan fingerprint density at radius 3 is 2.76 bits per heavy atom. The third-order valence-electron chi connectivity index (χ3n) is 3.93. The van der Waals surface area contributed by atoms with Gasteiger partial charge >= 0.3 is 0 Å². The van der Waals surface area contributed by atoms with Gasteiger partial charge in [-0.1, -0.05) is 30.1 Å². The van der Waals surface area contributed by atoms with Gasteiger partial charge in [0.15, 0.2) is 5.58 Å². The van der Waals surface area contributed by atoms with Gasteiger partial charge in [0, 0.05) is 11.1 Å². The van der Waals surface area contributed by atoms with E-state index in [4.69, 9.17) is 9.26 Å². The smallest absolute Gasteiger partial charge is 0.230 e. The Bertz CT molecular complexity index is 853. The molecule has 0 atom stereocenters. The number of nitrogens with zero attached hydrogens (tertiary/aromatic N) is 1. The molecule has 5 heteroatoms. The third kappa shape index (κ3) is 4.38. The number of anilines is 1. The van der Waals surface area contributed by atoms with Crippen LogP contribution in [-0.2, 0) is 11.2 Å². The van der Waals surface area contributed by atoms with E-state index in [1.165, 1.54) is 0 Å². The molecule has 1 amide bonds. The lowest BCUT2D eigenvalue weighted by Gasteiger charge is -2.07. The monoisotopic (exact) mass is 338 g/mol. The van der Waals surface area contributed by atoms with Gasteiger partial charge in [-0.05, 0) is 49.7 Å². The first-order valence-corrected chi connectivity index (χ1v) is 8.53. The second-order valence-corrected chi connectivity index (χ2v) is 6.08. The van der Waals surface area contributed by atoms with Gasteiger partial charge in [0.25, 0.3) is 0 Å². The second-order valence-electron chi connectivity index (χ2n) is 6.08. The third-order valence-corrected chi connectivity index (χ3v) is 3.93. The van der Waals surface area contributed by atoms with Crippen LogP contribution in [0.5, 0.6) is 5.75 Å². The van der Waals surface area contributed by atoms with Gasteiger partial charge in [0.05, 0.1) is 13.0 Å². The molecule has 0 aliphatic heterocycles. The van der Waals surface area contributed by atoms with E-state index in [1.807, 2.05) is 49.4 Å². The summed E-state index contributed by atoms with van der Waals surface area (Å²) in [7, 11) is 0. The predicted molar refractivity (Wildman–Crippen MR) is 97.9 cm³/mol. The molecule has 0 spiro atoms. The highest BCUT2D eigenvalue weighted by molar-refractivity contribution is 5.94. The molecular weight excluding hydrogens is 316 g/mol. The molecule has 0 fully saturated rings. The van der Waals surface area contributed by atoms with Crippen molar-refractivity contribution >= 4 is 22.6 Å². The van der Waals surface area contributed by atoms with Crippen LogP contribution in [0.2, 0.25) is 0 Å². The number of fused-ring (bicyclic) bond motifs is 1. The first kappa shape index (κ1) is 17.0. The van der Waals surface area contributed by atoms with Gasteiger partial charge in [0.2, 0.25) is 5.91 Å². The zero-order valence-corrected chi connectivity index (χ0v) is 14.5. The van der Waals surface area contributed by atoms with Gasteiger partial charge in [-0.2, -0.15) is 0 Å². The Labute approximate surface area is 147 Å². The molecule has 3 aromatic rings. The zero-order valence-electron chi connectivity index (χ0n) is 14.5. The first-order valence-electron chi connectivity index (χ1n) is 8.53. The van der Waals surface area contributed by atoms with Crippen molar-refractivity contribution in [2.75, 3.05) is 11.9 Å². The van der Waals surface area contributed by atoms with Gasteiger partial charge < -0.3 is 14.6 Å². The van der Waals surface area contributed by atoms with E-state index in [9.17, 15) is 4.79 Å². The number of aromatic nitrogens is 1. The summed E-state index contributed by atoms with van der Waals surface area (Å²) < 4.78 is 10.9. The standard InChI is InChI=1S/C20H22N2O3/c1-3-4-11-24-16-8-6-15(7-9-16)21-20(23)13-18-17-12-14(2)5-10-19(17)25-22-18/h5-10,12H,3-4,11,13H2,1-2H3,(H,21,23). The topological polar surface area (TPSA) is 64.4 Å². The number of aryl methyl sites for hydroxylation is 1. The van der Waals surface area contributed by atoms with Crippen LogP contribution < -0.4 is 10.1 Å². The molecule has 0 saturated heterocycles. The van der Waals surface area contributed by atoms with E-state index in [0.717, 1.165) is 35.2 Å². The van der Waals surface area contributed by atoms with E-state index in [2.05, 4.69) is 17.4 Å². The van der Waals surface area contributed by atoms with Crippen LogP contribution in [0.3, 0.4) is 0 Å². The molecule has 0 aliphatic rings. The lowest BCUT2D eigenvalue weighted by atomic mass is 10.1. The highest BCUT2D eigenvalue weighted by Crippen LogP contribution is 2.21. The number of rotatable bonds is 7. The predicted octanol–water partition coefficient (Wildman–Crippen LogP) is 4.50. The quantitative estimate of drug-likeness (QED) is 0.644. The Hall–Kier alpha value is -2.82. The van der Waals surface area contributed by atoms with E-state index < -0.39 is 0 Å². The van der Waals surface area contributed by atoms with Crippen molar-refractivity contribution in [1.82, 2.24) is 5.16 Å². The lowest BCUT2D eigenvalue weighted by Crippen LogP contribution is -2.14. The molecule has 0 unspecified atom stereocenters. The summed E-state index contributed by atoms with van der Waals surface area (Å²) in [5.74, 6) is 0.681. The Morgan fingerprint density at radius 2 is 2.00 bits per heavy atom. The highest BCUT2D eigenvalue weighted by Gasteiger charge is 2.13. The number of unbranched alkanes of at least 4 members (excludes halogenated alkanes) is 1. The number of nitrogens with one attached hydrogen (secondary N) is 1. The van der Waals surface area contributed by atoms with E-state index in [0.29, 0.717) is 17.9 Å². The van der Waals surface area contributed by atoms with Crippen molar-refractivity contribution in [2.24, 2.45) is 0 Å². The molecule has 5 nitrogen and oxygen atoms in total. The molecule has 2 aromatic carbocycles. The summed E-state index contributed by atoms with van der Waals surface area (Å²) in [6.07, 6.45) is 2.30. The van der Waals surface area contributed by atoms with E-state index in [1.54, 1.807) is 0 Å². The molecule has 1 N–H and O–H groups in total. The van der Waals surface area contributed by atoms with Gasteiger partial charge in [0.1, 0.15) is 11.4 Å². The van der Waals surface area contributed by atoms with E-state index >= 15 is 0 Å². The number of carbonyl (C=O) groups excluding carboxylic acids is 1. The van der Waals surface area contributed by atoms with Crippen molar-refractivity contribution in [3.05, 3.63) is 53.7 Å². The largest absolute Gasteiger partial charge is 0.494 e. The number of amides is 1. The van der Waals surface area contributed by atoms with Crippen LogP contribution in [-0.4, -0.2) is 17.7 Å². The van der Waals surface area contributed by atoms with Gasteiger partial charge in [-0.3, -0.25) is 4.79 Å². The molecule has 0 bridgehead atoms. The summed E-state index contributed by atoms with van der Waals surface area (Å²) in [5.41, 5.74) is 3.19. The SMILES string of the molecule is CCCCOc1ccc(NC(=O)Cc2noc3ccc(C)cc23)cc1. The number of carbonyl (C=O) groups is 1. The molecule has 1 aromatic heterocycles. The van der Waals surface area contributed by atoms with Crippen LogP contribution >= 0.6 is 0 Å². The molecule has 25 heavy (non-hydrogen) atoms. The van der Waals surface area contributed by atoms with Crippen molar-refractivity contribution in [3.8, 4) is 5.75 Å². The normalized spacial score (nSPS) is 10.8. The van der Waals surface area contributed by atoms with Crippen LogP contribution in [0.25, 0.3) is 11.0 Å². The Kier molecular flexibility index (Phi) is 5.33. The molecule has 0 aliphatic carbocycles. The molecule has 0 saturated carbocycles. The number of hydrogen-bond donors (Lipinski definition) is 1. The maximum absolute atomic E-state index is 12.3. The lowest BCUT2D eigenvalue weighted by molar-refractivity contribution is -0.115. The minimum atomic E-state index is -0.128. The Morgan fingerprint density at radius 1 is 1.20 bits per heavy atom. The number of hydrogen-bond acceptors (Lipinski definition) is 4. The summed E-state index contributed by atoms with van der Waals surface area (Å²) in [6.45, 7) is 4.84. The van der Waals surface area contributed by atoms with Crippen molar-refractivity contribution < 1.29 is 14.1 Å². The second kappa shape index (κ2) is 7.83. The summed E-state index contributed by atoms with van der Waals surface area (Å²) in [5, 5.41) is 7.78. The molecule has 3 rings (SSSR count). The summed E-state index contributed by atoms with van der Waals surface area (Å²) in [6, 6.07) is 13.2. The molecular formula is C20H22N2O3. The molecule has 0 radical (unpaired) electrons. The van der Waals surface area contributed by atoms with Gasteiger partial charge in [-0.15, -0.1) is 0 Å². The fourth-order valence-electron chi connectivity index (χ4n) is 2.56. The molecule has 130 valence electrons. The van der Waals surface area contributed by atoms with Crippen molar-refractivity contribution in [3.63, 3.8) is 0 Å². The fraction of sp³-hybridized carbons (Fsp3) is 0.300. The van der Waals surface area contributed by atoms with Crippen LogP contribution in [0.4, 0.5) is 5.69 Å². The minimum Gasteiger partial charge on any atom is -0.494 e. The average molecular weight is 338 g/mol. The van der Waals surface area contributed by atoms with E-state index in [-0.39, 0.29) is 12.3 Å². The minimum absolute atomic E-state index is 0.128. The van der Waals surface area contributed by atoms with Gasteiger partial charge in [-0.25, -0.2) is 0 Å². The zero-order chi connectivity index (χ0) is 17.6. The summed E-state index contributed by atoms with van der Waals surface area (Å²) in [4.78, 5) is 12.3. The average Bonchev–Trinajstić information content (AvgIpc) is 2.99. The van der Waals surface area contributed by atoms with Crippen LogP contribution in [0, 0.1) is 6.92 Å². The first-order chi connectivity index (χ1) is 12.2. The summed E-state index contributed by atoms with van der Waals surface area (Å²) >= 11 is 0.